The summed E-state index contributed by atoms with van der Waals surface area (Å²) in [4.78, 5) is -0.810. The Morgan fingerprint density at radius 1 is 0.690 bits per heavy atom. The Morgan fingerprint density at radius 2 is 1.03 bits per heavy atom. The lowest BCUT2D eigenvalue weighted by Gasteiger charge is -2.13. The lowest BCUT2D eigenvalue weighted by molar-refractivity contribution is 0.571. The highest BCUT2D eigenvalue weighted by Crippen LogP contribution is 2.26. The van der Waals surface area contributed by atoms with Crippen LogP contribution in [-0.2, 0) is 29.5 Å². The monoisotopic (exact) mass is 464 g/mol. The third-order valence-electron chi connectivity index (χ3n) is 4.41. The van der Waals surface area contributed by atoms with Gasteiger partial charge in [-0.2, -0.15) is 0 Å². The van der Waals surface area contributed by atoms with E-state index < -0.39 is 29.5 Å². The quantitative estimate of drug-likeness (QED) is 0.463. The van der Waals surface area contributed by atoms with E-state index in [1.807, 2.05) is 27.7 Å². The zero-order valence-corrected chi connectivity index (χ0v) is 20.2. The lowest BCUT2D eigenvalue weighted by Crippen LogP contribution is -2.15. The Labute approximate surface area is 176 Å². The number of allylic oxidation sites excluding steroid dienone is 1. The van der Waals surface area contributed by atoms with Gasteiger partial charge in [-0.15, -0.1) is 0 Å². The molecule has 0 atom stereocenters. The van der Waals surface area contributed by atoms with Crippen LogP contribution in [0, 0.1) is 11.8 Å². The van der Waals surface area contributed by atoms with Crippen LogP contribution in [0.2, 0.25) is 0 Å². The molecular formula is C20H32O6S3. The Bertz CT molecular complexity index is 971. The van der Waals surface area contributed by atoms with Crippen molar-refractivity contribution in [2.24, 2.45) is 11.8 Å². The molecule has 0 saturated carbocycles. The van der Waals surface area contributed by atoms with Crippen LogP contribution in [0.3, 0.4) is 0 Å². The maximum atomic E-state index is 12.8. The fourth-order valence-electron chi connectivity index (χ4n) is 2.42. The van der Waals surface area contributed by atoms with Gasteiger partial charge in [-0.1, -0.05) is 39.8 Å². The van der Waals surface area contributed by atoms with E-state index in [1.54, 1.807) is 13.0 Å². The SMILES string of the molecule is C/C=C/CS(=O)(=O)c1cc(S(=O)(=O)CCC(C)C)cc(S(=O)(=O)CCC(C)C)c1. The number of rotatable bonds is 11. The molecule has 0 unspecified atom stereocenters. The first kappa shape index (κ1) is 25.8. The van der Waals surface area contributed by atoms with Crippen molar-refractivity contribution >= 4 is 29.5 Å². The molecule has 0 fully saturated rings. The topological polar surface area (TPSA) is 102 Å². The van der Waals surface area contributed by atoms with Gasteiger partial charge in [0.15, 0.2) is 29.5 Å². The smallest absolute Gasteiger partial charge is 0.181 e. The van der Waals surface area contributed by atoms with Crippen LogP contribution in [0.5, 0.6) is 0 Å². The van der Waals surface area contributed by atoms with E-state index in [4.69, 9.17) is 0 Å². The molecule has 0 heterocycles. The van der Waals surface area contributed by atoms with E-state index in [-0.39, 0.29) is 43.8 Å². The molecule has 0 N–H and O–H groups in total. The molecule has 0 bridgehead atoms. The van der Waals surface area contributed by atoms with Gasteiger partial charge in [0.1, 0.15) is 0 Å². The fraction of sp³-hybridized carbons (Fsp3) is 0.600. The summed E-state index contributed by atoms with van der Waals surface area (Å²) in [6, 6.07) is 3.26. The zero-order chi connectivity index (χ0) is 22.5. The minimum absolute atomic E-state index is 0.139. The van der Waals surface area contributed by atoms with Crippen molar-refractivity contribution in [3.05, 3.63) is 30.4 Å². The first-order chi connectivity index (χ1) is 13.2. The first-order valence-corrected chi connectivity index (χ1v) is 14.6. The number of hydrogen-bond acceptors (Lipinski definition) is 6. The van der Waals surface area contributed by atoms with Crippen LogP contribution in [0.25, 0.3) is 0 Å². The largest absolute Gasteiger partial charge is 0.224 e. The fourth-order valence-corrected chi connectivity index (χ4v) is 7.16. The second-order valence-electron chi connectivity index (χ2n) is 7.99. The summed E-state index contributed by atoms with van der Waals surface area (Å²) in [7, 11) is -11.5. The molecule has 6 nitrogen and oxygen atoms in total. The van der Waals surface area contributed by atoms with Crippen LogP contribution in [0.4, 0.5) is 0 Å². The van der Waals surface area contributed by atoms with Gasteiger partial charge < -0.3 is 0 Å². The summed E-state index contributed by atoms with van der Waals surface area (Å²) in [5, 5.41) is 0. The Hall–Kier alpha value is -1.19. The normalized spacial score (nSPS) is 13.6. The van der Waals surface area contributed by atoms with Crippen molar-refractivity contribution in [1.82, 2.24) is 0 Å². The second-order valence-corrected chi connectivity index (χ2v) is 14.2. The standard InChI is InChI=1S/C20H32O6S3/c1-6-7-10-27(21,22)18-13-19(28(23,24)11-8-16(2)3)15-20(14-18)29(25,26)12-9-17(4)5/h6-7,13-17H,8-12H2,1-5H3/b7-6+. The Morgan fingerprint density at radius 3 is 1.34 bits per heavy atom. The Kier molecular flexibility index (Phi) is 9.11. The highest BCUT2D eigenvalue weighted by Gasteiger charge is 2.25. The maximum Gasteiger partial charge on any atom is 0.181 e. The molecule has 1 rings (SSSR count). The van der Waals surface area contributed by atoms with Gasteiger partial charge in [-0.25, -0.2) is 25.3 Å². The lowest BCUT2D eigenvalue weighted by atomic mass is 10.2. The van der Waals surface area contributed by atoms with E-state index in [0.29, 0.717) is 12.8 Å². The van der Waals surface area contributed by atoms with Crippen LogP contribution >= 0.6 is 0 Å². The average molecular weight is 465 g/mol. The molecule has 0 aliphatic carbocycles. The van der Waals surface area contributed by atoms with Gasteiger partial charge in [0.25, 0.3) is 0 Å². The zero-order valence-electron chi connectivity index (χ0n) is 17.8. The molecule has 0 aromatic heterocycles. The molecule has 0 amide bonds. The Balaban J connectivity index is 3.60. The van der Waals surface area contributed by atoms with Gasteiger partial charge in [-0.05, 0) is 49.8 Å². The highest BCUT2D eigenvalue weighted by molar-refractivity contribution is 7.93. The predicted molar refractivity (Wildman–Crippen MR) is 116 cm³/mol. The summed E-state index contributed by atoms with van der Waals surface area (Å²) in [5.74, 6) is -0.394. The molecule has 0 aliphatic heterocycles. The van der Waals surface area contributed by atoms with Crippen molar-refractivity contribution in [3.8, 4) is 0 Å². The number of sulfone groups is 3. The third kappa shape index (κ3) is 7.86. The van der Waals surface area contributed by atoms with Gasteiger partial charge in [0.05, 0.1) is 31.9 Å². The second kappa shape index (κ2) is 10.2. The van der Waals surface area contributed by atoms with Gasteiger partial charge in [0.2, 0.25) is 0 Å². The molecule has 0 saturated heterocycles. The van der Waals surface area contributed by atoms with Crippen molar-refractivity contribution in [2.75, 3.05) is 17.3 Å². The van der Waals surface area contributed by atoms with E-state index in [9.17, 15) is 25.3 Å². The molecule has 0 radical (unpaired) electrons. The summed E-state index contributed by atoms with van der Waals surface area (Å²) in [5.41, 5.74) is 0. The third-order valence-corrected chi connectivity index (χ3v) is 9.45. The van der Waals surface area contributed by atoms with Crippen LogP contribution in [0.15, 0.2) is 45.0 Å². The molecule has 1 aromatic rings. The summed E-state index contributed by atoms with van der Waals surface area (Å²) >= 11 is 0. The van der Waals surface area contributed by atoms with Gasteiger partial charge in [0, 0.05) is 0 Å². The van der Waals surface area contributed by atoms with Gasteiger partial charge in [-0.3, -0.25) is 0 Å². The maximum absolute atomic E-state index is 12.8. The molecular weight excluding hydrogens is 432 g/mol. The predicted octanol–water partition coefficient (Wildman–Crippen LogP) is 3.68. The van der Waals surface area contributed by atoms with Crippen molar-refractivity contribution < 1.29 is 25.3 Å². The summed E-state index contributed by atoms with van der Waals surface area (Å²) in [6.45, 7) is 9.21. The van der Waals surface area contributed by atoms with Gasteiger partial charge >= 0.3 is 0 Å². The average Bonchev–Trinajstić information content (AvgIpc) is 2.63. The van der Waals surface area contributed by atoms with E-state index in [0.717, 1.165) is 18.2 Å². The number of hydrogen-bond donors (Lipinski definition) is 0. The molecule has 166 valence electrons. The minimum Gasteiger partial charge on any atom is -0.224 e. The van der Waals surface area contributed by atoms with Crippen LogP contribution in [0.1, 0.15) is 47.5 Å². The molecule has 9 heteroatoms. The van der Waals surface area contributed by atoms with E-state index in [2.05, 4.69) is 0 Å². The summed E-state index contributed by atoms with van der Waals surface area (Å²) in [6.07, 6.45) is 3.80. The molecule has 0 aliphatic rings. The van der Waals surface area contributed by atoms with Crippen molar-refractivity contribution in [1.29, 1.82) is 0 Å². The van der Waals surface area contributed by atoms with Crippen LogP contribution < -0.4 is 0 Å². The van der Waals surface area contributed by atoms with E-state index >= 15 is 0 Å². The molecule has 0 spiro atoms. The molecule has 29 heavy (non-hydrogen) atoms. The first-order valence-electron chi connectivity index (χ1n) is 9.66. The highest BCUT2D eigenvalue weighted by atomic mass is 32.2. The van der Waals surface area contributed by atoms with Crippen molar-refractivity contribution in [2.45, 2.75) is 62.1 Å². The van der Waals surface area contributed by atoms with E-state index in [1.165, 1.54) is 6.08 Å². The molecule has 1 aromatic carbocycles. The van der Waals surface area contributed by atoms with Crippen LogP contribution in [-0.4, -0.2) is 42.5 Å². The summed E-state index contributed by atoms with van der Waals surface area (Å²) < 4.78 is 76.4. The minimum atomic E-state index is -3.87. The number of benzene rings is 1. The van der Waals surface area contributed by atoms with Crippen molar-refractivity contribution in [3.63, 3.8) is 0 Å².